The molecule has 0 aliphatic carbocycles. The summed E-state index contributed by atoms with van der Waals surface area (Å²) in [6.07, 6.45) is 3.14. The zero-order valence-corrected chi connectivity index (χ0v) is 13.2. The first-order chi connectivity index (χ1) is 11.6. The summed E-state index contributed by atoms with van der Waals surface area (Å²) in [4.78, 5) is 15.6. The molecule has 3 aromatic rings. The van der Waals surface area contributed by atoms with Crippen LogP contribution in [0.3, 0.4) is 0 Å². The number of carbonyl (C=O) groups excluding carboxylic acids is 1. The van der Waals surface area contributed by atoms with E-state index in [1.165, 1.54) is 12.3 Å². The molecule has 0 saturated heterocycles. The van der Waals surface area contributed by atoms with Crippen molar-refractivity contribution in [2.45, 2.75) is 20.5 Å². The average molecular weight is 325 g/mol. The fourth-order valence-electron chi connectivity index (χ4n) is 2.15. The van der Waals surface area contributed by atoms with Gasteiger partial charge in [-0.1, -0.05) is 5.16 Å². The number of rotatable bonds is 5. The van der Waals surface area contributed by atoms with Gasteiger partial charge < -0.3 is 15.0 Å². The Morgan fingerprint density at radius 3 is 2.83 bits per heavy atom. The molecule has 3 aromatic heterocycles. The minimum atomic E-state index is -0.705. The van der Waals surface area contributed by atoms with Crippen molar-refractivity contribution < 1.29 is 14.1 Å². The Hall–Kier alpha value is -3.29. The number of nitrogens with two attached hydrogens (primary N) is 1. The number of hydrogen-bond donors (Lipinski definition) is 1. The highest BCUT2D eigenvalue weighted by atomic mass is 16.5. The monoisotopic (exact) mass is 325 g/mol. The molecule has 0 saturated carbocycles. The van der Waals surface area contributed by atoms with Gasteiger partial charge in [0.15, 0.2) is 11.4 Å². The summed E-state index contributed by atoms with van der Waals surface area (Å²) in [5.74, 6) is 0.169. The van der Waals surface area contributed by atoms with Crippen LogP contribution < -0.4 is 10.5 Å². The third kappa shape index (κ3) is 3.07. The van der Waals surface area contributed by atoms with Crippen LogP contribution in [0.25, 0.3) is 11.3 Å². The molecule has 0 spiro atoms. The first-order valence-corrected chi connectivity index (χ1v) is 7.18. The van der Waals surface area contributed by atoms with E-state index in [2.05, 4.69) is 20.3 Å². The molecule has 1 amide bonds. The van der Waals surface area contributed by atoms with E-state index in [-0.39, 0.29) is 18.1 Å². The van der Waals surface area contributed by atoms with E-state index in [4.69, 9.17) is 15.0 Å². The minimum Gasteiger partial charge on any atom is -0.486 e. The predicted octanol–water partition coefficient (Wildman–Crippen LogP) is 1.82. The molecule has 0 fully saturated rings. The van der Waals surface area contributed by atoms with Crippen LogP contribution in [0.5, 0.6) is 5.75 Å². The van der Waals surface area contributed by atoms with E-state index in [0.717, 1.165) is 16.8 Å². The molecule has 2 N–H and O–H groups in total. The molecule has 0 aromatic carbocycles. The standard InChI is InChI=1S/C16H15N5O3/c1-9-3-4-11(7-18-9)14-12(10(2)24-21-14)8-23-13-5-6-19-20-15(13)16(17)22/h3-7H,8H2,1-2H3,(H2,17,22). The number of aryl methyl sites for hydroxylation is 2. The van der Waals surface area contributed by atoms with Gasteiger partial charge in [0.05, 0.1) is 11.8 Å². The lowest BCUT2D eigenvalue weighted by Gasteiger charge is -2.08. The van der Waals surface area contributed by atoms with Gasteiger partial charge in [0, 0.05) is 23.5 Å². The quantitative estimate of drug-likeness (QED) is 0.760. The molecule has 3 heterocycles. The van der Waals surface area contributed by atoms with Gasteiger partial charge in [0.25, 0.3) is 5.91 Å². The highest BCUT2D eigenvalue weighted by Gasteiger charge is 2.18. The van der Waals surface area contributed by atoms with Gasteiger partial charge >= 0.3 is 0 Å². The van der Waals surface area contributed by atoms with Gasteiger partial charge in [-0.3, -0.25) is 9.78 Å². The summed E-state index contributed by atoms with van der Waals surface area (Å²) in [6.45, 7) is 3.84. The van der Waals surface area contributed by atoms with Crippen molar-refractivity contribution in [3.63, 3.8) is 0 Å². The molecular formula is C16H15N5O3. The summed E-state index contributed by atoms with van der Waals surface area (Å²) in [5.41, 5.74) is 8.37. The zero-order chi connectivity index (χ0) is 17.1. The van der Waals surface area contributed by atoms with Crippen LogP contribution in [0.15, 0.2) is 35.1 Å². The second-order valence-corrected chi connectivity index (χ2v) is 5.15. The lowest BCUT2D eigenvalue weighted by Crippen LogP contribution is -2.15. The van der Waals surface area contributed by atoms with Crippen LogP contribution in [-0.2, 0) is 6.61 Å². The van der Waals surface area contributed by atoms with Crippen LogP contribution in [0.4, 0.5) is 0 Å². The number of ether oxygens (including phenoxy) is 1. The number of hydrogen-bond acceptors (Lipinski definition) is 7. The van der Waals surface area contributed by atoms with Crippen LogP contribution >= 0.6 is 0 Å². The summed E-state index contributed by atoms with van der Waals surface area (Å²) >= 11 is 0. The normalized spacial score (nSPS) is 10.6. The Bertz CT molecular complexity index is 874. The predicted molar refractivity (Wildman–Crippen MR) is 84.1 cm³/mol. The van der Waals surface area contributed by atoms with E-state index >= 15 is 0 Å². The number of pyridine rings is 1. The number of nitrogens with zero attached hydrogens (tertiary/aromatic N) is 4. The highest BCUT2D eigenvalue weighted by molar-refractivity contribution is 5.93. The van der Waals surface area contributed by atoms with Crippen molar-refractivity contribution in [1.29, 1.82) is 0 Å². The van der Waals surface area contributed by atoms with E-state index in [0.29, 0.717) is 11.5 Å². The molecule has 0 radical (unpaired) electrons. The molecule has 0 atom stereocenters. The molecule has 3 rings (SSSR count). The molecule has 0 aliphatic rings. The first-order valence-electron chi connectivity index (χ1n) is 7.18. The second-order valence-electron chi connectivity index (χ2n) is 5.15. The smallest absolute Gasteiger partial charge is 0.273 e. The number of amides is 1. The minimum absolute atomic E-state index is 0.0230. The highest BCUT2D eigenvalue weighted by Crippen LogP contribution is 2.26. The topological polar surface area (TPSA) is 117 Å². The van der Waals surface area contributed by atoms with E-state index in [9.17, 15) is 4.79 Å². The Kier molecular flexibility index (Phi) is 4.19. The van der Waals surface area contributed by atoms with Crippen LogP contribution in [0.2, 0.25) is 0 Å². The van der Waals surface area contributed by atoms with Gasteiger partial charge in [-0.25, -0.2) is 0 Å². The van der Waals surface area contributed by atoms with Crippen LogP contribution in [-0.4, -0.2) is 26.2 Å². The Balaban J connectivity index is 1.88. The van der Waals surface area contributed by atoms with Gasteiger partial charge in [0.1, 0.15) is 18.1 Å². The van der Waals surface area contributed by atoms with Crippen molar-refractivity contribution in [3.05, 3.63) is 53.3 Å². The number of aromatic nitrogens is 4. The summed E-state index contributed by atoms with van der Waals surface area (Å²) < 4.78 is 11.0. The molecule has 24 heavy (non-hydrogen) atoms. The van der Waals surface area contributed by atoms with Gasteiger partial charge in [-0.15, -0.1) is 5.10 Å². The second kappa shape index (κ2) is 6.45. The molecule has 122 valence electrons. The lowest BCUT2D eigenvalue weighted by atomic mass is 10.1. The summed E-state index contributed by atoms with van der Waals surface area (Å²) in [7, 11) is 0. The zero-order valence-electron chi connectivity index (χ0n) is 13.2. The van der Waals surface area contributed by atoms with Gasteiger partial charge in [-0.05, 0) is 26.0 Å². The Morgan fingerprint density at radius 1 is 1.29 bits per heavy atom. The third-order valence-corrected chi connectivity index (χ3v) is 3.46. The van der Waals surface area contributed by atoms with Gasteiger partial charge in [-0.2, -0.15) is 5.10 Å². The first kappa shape index (κ1) is 15.6. The SMILES string of the molecule is Cc1ccc(-c2noc(C)c2COc2ccnnc2C(N)=O)cn1. The van der Waals surface area contributed by atoms with Crippen molar-refractivity contribution in [2.24, 2.45) is 5.73 Å². The molecular weight excluding hydrogens is 310 g/mol. The molecule has 0 bridgehead atoms. The summed E-state index contributed by atoms with van der Waals surface area (Å²) in [5, 5.41) is 11.4. The Morgan fingerprint density at radius 2 is 2.12 bits per heavy atom. The molecule has 0 aliphatic heterocycles. The van der Waals surface area contributed by atoms with E-state index in [1.807, 2.05) is 19.1 Å². The van der Waals surface area contributed by atoms with Crippen LogP contribution in [0.1, 0.15) is 27.5 Å². The van der Waals surface area contributed by atoms with Crippen molar-refractivity contribution >= 4 is 5.91 Å². The van der Waals surface area contributed by atoms with Crippen molar-refractivity contribution in [1.82, 2.24) is 20.3 Å². The van der Waals surface area contributed by atoms with E-state index in [1.54, 1.807) is 13.1 Å². The van der Waals surface area contributed by atoms with Crippen molar-refractivity contribution in [3.8, 4) is 17.0 Å². The van der Waals surface area contributed by atoms with E-state index < -0.39 is 5.91 Å². The van der Waals surface area contributed by atoms with Crippen molar-refractivity contribution in [2.75, 3.05) is 0 Å². The average Bonchev–Trinajstić information content (AvgIpc) is 2.94. The number of primary amides is 1. The number of carbonyl (C=O) groups is 1. The lowest BCUT2D eigenvalue weighted by molar-refractivity contribution is 0.0989. The van der Waals surface area contributed by atoms with Gasteiger partial charge in [0.2, 0.25) is 0 Å². The fraction of sp³-hybridized carbons (Fsp3) is 0.188. The Labute approximate surface area is 137 Å². The maximum absolute atomic E-state index is 11.4. The largest absolute Gasteiger partial charge is 0.486 e. The summed E-state index contributed by atoms with van der Waals surface area (Å²) in [6, 6.07) is 5.33. The molecule has 0 unspecified atom stereocenters. The maximum atomic E-state index is 11.4. The van der Waals surface area contributed by atoms with Crippen LogP contribution in [0, 0.1) is 13.8 Å². The third-order valence-electron chi connectivity index (χ3n) is 3.46. The molecule has 8 nitrogen and oxygen atoms in total. The fourth-order valence-corrected chi connectivity index (χ4v) is 2.15. The maximum Gasteiger partial charge on any atom is 0.273 e. The molecule has 8 heteroatoms.